The van der Waals surface area contributed by atoms with E-state index in [9.17, 15) is 12.6 Å². The number of benzene rings is 1. The maximum atomic E-state index is 12.0. The molecule has 2 atom stereocenters. The summed E-state index contributed by atoms with van der Waals surface area (Å²) in [6.07, 6.45) is 1.46. The average Bonchev–Trinajstić information content (AvgIpc) is 2.27. The fraction of sp³-hybridized carbons (Fsp3) is 0.455. The van der Waals surface area contributed by atoms with Gasteiger partial charge in [-0.15, -0.1) is 0 Å². The molecule has 1 aromatic rings. The second-order valence-electron chi connectivity index (χ2n) is 4.05. The molecule has 1 aromatic carbocycles. The topological polar surface area (TPSA) is 83.5 Å². The Balaban J connectivity index is 2.86. The Labute approximate surface area is 110 Å². The number of nitrogens with one attached hydrogen (secondary N) is 1. The van der Waals surface area contributed by atoms with Crippen molar-refractivity contribution in [2.45, 2.75) is 17.9 Å². The first-order chi connectivity index (χ1) is 8.35. The van der Waals surface area contributed by atoms with Crippen LogP contribution in [-0.4, -0.2) is 42.4 Å². The van der Waals surface area contributed by atoms with Crippen LogP contribution in [-0.2, 0) is 20.8 Å². The van der Waals surface area contributed by atoms with Crippen LogP contribution in [0.25, 0.3) is 0 Å². The zero-order chi connectivity index (χ0) is 13.8. The zero-order valence-corrected chi connectivity index (χ0v) is 11.9. The summed E-state index contributed by atoms with van der Waals surface area (Å²) in [6.45, 7) is 1.48. The van der Waals surface area contributed by atoms with E-state index in [2.05, 4.69) is 4.72 Å². The minimum atomic E-state index is -3.68. The van der Waals surface area contributed by atoms with Crippen molar-refractivity contribution in [2.24, 2.45) is 0 Å². The molecule has 2 N–H and O–H groups in total. The SMILES string of the molecule is Cc1ccc(S(=O)(=O)NC(CO)CS(C)=O)cc1. The third-order valence-corrected chi connectivity index (χ3v) is 4.72. The number of aliphatic hydroxyl groups excluding tert-OH is 1. The molecule has 0 aromatic heterocycles. The van der Waals surface area contributed by atoms with Crippen LogP contribution in [0, 0.1) is 6.92 Å². The van der Waals surface area contributed by atoms with Gasteiger partial charge in [0.2, 0.25) is 10.0 Å². The van der Waals surface area contributed by atoms with E-state index in [4.69, 9.17) is 5.11 Å². The molecule has 0 radical (unpaired) electrons. The van der Waals surface area contributed by atoms with E-state index in [0.717, 1.165) is 5.56 Å². The molecule has 2 unspecified atom stereocenters. The number of hydrogen-bond donors (Lipinski definition) is 2. The van der Waals surface area contributed by atoms with Crippen LogP contribution in [0.4, 0.5) is 0 Å². The van der Waals surface area contributed by atoms with Crippen molar-refractivity contribution in [2.75, 3.05) is 18.6 Å². The monoisotopic (exact) mass is 291 g/mol. The molecule has 0 aliphatic rings. The predicted molar refractivity (Wildman–Crippen MR) is 71.3 cm³/mol. The molecule has 0 spiro atoms. The maximum absolute atomic E-state index is 12.0. The summed E-state index contributed by atoms with van der Waals surface area (Å²) < 4.78 is 37.3. The van der Waals surface area contributed by atoms with Crippen molar-refractivity contribution in [3.8, 4) is 0 Å². The quantitative estimate of drug-likeness (QED) is 0.773. The van der Waals surface area contributed by atoms with Gasteiger partial charge in [0.15, 0.2) is 0 Å². The maximum Gasteiger partial charge on any atom is 0.240 e. The van der Waals surface area contributed by atoms with Gasteiger partial charge in [0.1, 0.15) is 0 Å². The summed E-state index contributed by atoms with van der Waals surface area (Å²) in [5.74, 6) is 0.0849. The van der Waals surface area contributed by atoms with Crippen LogP contribution in [0.2, 0.25) is 0 Å². The summed E-state index contributed by atoms with van der Waals surface area (Å²) in [5.41, 5.74) is 0.960. The van der Waals surface area contributed by atoms with Gasteiger partial charge < -0.3 is 5.11 Å². The highest BCUT2D eigenvalue weighted by Gasteiger charge is 2.20. The molecular weight excluding hydrogens is 274 g/mol. The van der Waals surface area contributed by atoms with E-state index < -0.39 is 26.9 Å². The van der Waals surface area contributed by atoms with Gasteiger partial charge in [-0.05, 0) is 19.1 Å². The summed E-state index contributed by atoms with van der Waals surface area (Å²) in [5, 5.41) is 9.07. The fourth-order valence-electron chi connectivity index (χ4n) is 1.41. The lowest BCUT2D eigenvalue weighted by atomic mass is 10.2. The molecule has 0 aliphatic heterocycles. The third kappa shape index (κ3) is 4.49. The van der Waals surface area contributed by atoms with Crippen LogP contribution < -0.4 is 4.72 Å². The van der Waals surface area contributed by atoms with E-state index in [-0.39, 0.29) is 17.3 Å². The zero-order valence-electron chi connectivity index (χ0n) is 10.3. The van der Waals surface area contributed by atoms with Crippen LogP contribution in [0.1, 0.15) is 5.56 Å². The molecule has 102 valence electrons. The van der Waals surface area contributed by atoms with E-state index in [1.165, 1.54) is 18.4 Å². The van der Waals surface area contributed by atoms with Crippen LogP contribution in [0.15, 0.2) is 29.2 Å². The van der Waals surface area contributed by atoms with Gasteiger partial charge in [0.05, 0.1) is 17.5 Å². The van der Waals surface area contributed by atoms with E-state index in [0.29, 0.717) is 0 Å². The van der Waals surface area contributed by atoms with Crippen LogP contribution in [0.5, 0.6) is 0 Å². The Bertz CT molecular complexity index is 510. The number of aliphatic hydroxyl groups is 1. The Morgan fingerprint density at radius 2 is 1.89 bits per heavy atom. The molecule has 0 amide bonds. The summed E-state index contributed by atoms with van der Waals surface area (Å²) in [7, 11) is -4.86. The number of sulfonamides is 1. The predicted octanol–water partition coefficient (Wildman–Crippen LogP) is 0.0127. The largest absolute Gasteiger partial charge is 0.395 e. The highest BCUT2D eigenvalue weighted by atomic mass is 32.2. The first-order valence-corrected chi connectivity index (χ1v) is 8.56. The summed E-state index contributed by atoms with van der Waals surface area (Å²) >= 11 is 0. The number of hydrogen-bond acceptors (Lipinski definition) is 4. The smallest absolute Gasteiger partial charge is 0.240 e. The average molecular weight is 291 g/mol. The summed E-state index contributed by atoms with van der Waals surface area (Å²) in [4.78, 5) is 0.133. The van der Waals surface area contributed by atoms with Crippen molar-refractivity contribution in [3.63, 3.8) is 0 Å². The Morgan fingerprint density at radius 3 is 2.33 bits per heavy atom. The van der Waals surface area contributed by atoms with E-state index in [1.54, 1.807) is 12.1 Å². The second-order valence-corrected chi connectivity index (χ2v) is 7.25. The molecule has 0 heterocycles. The standard InChI is InChI=1S/C11H17NO4S2/c1-9-3-5-11(6-4-9)18(15,16)12-10(7-13)8-17(2)14/h3-6,10,12-13H,7-8H2,1-2H3. The highest BCUT2D eigenvalue weighted by molar-refractivity contribution is 7.89. The lowest BCUT2D eigenvalue weighted by Gasteiger charge is -2.15. The van der Waals surface area contributed by atoms with Crippen molar-refractivity contribution in [1.29, 1.82) is 0 Å². The Morgan fingerprint density at radius 1 is 1.33 bits per heavy atom. The number of rotatable bonds is 6. The molecule has 18 heavy (non-hydrogen) atoms. The van der Waals surface area contributed by atoms with Crippen molar-refractivity contribution in [1.82, 2.24) is 4.72 Å². The highest BCUT2D eigenvalue weighted by Crippen LogP contribution is 2.10. The molecule has 0 saturated heterocycles. The summed E-state index contributed by atoms with van der Waals surface area (Å²) in [6, 6.07) is 5.65. The van der Waals surface area contributed by atoms with E-state index >= 15 is 0 Å². The molecule has 0 fully saturated rings. The molecule has 0 saturated carbocycles. The van der Waals surface area contributed by atoms with Gasteiger partial charge in [0.25, 0.3) is 0 Å². The van der Waals surface area contributed by atoms with Gasteiger partial charge in [-0.1, -0.05) is 17.7 Å². The van der Waals surface area contributed by atoms with Gasteiger partial charge in [0, 0.05) is 22.8 Å². The van der Waals surface area contributed by atoms with Gasteiger partial charge in [-0.2, -0.15) is 0 Å². The van der Waals surface area contributed by atoms with Crippen molar-refractivity contribution >= 4 is 20.8 Å². The Hall–Kier alpha value is -0.760. The lowest BCUT2D eigenvalue weighted by Crippen LogP contribution is -2.41. The molecule has 0 bridgehead atoms. The molecule has 5 nitrogen and oxygen atoms in total. The van der Waals surface area contributed by atoms with Gasteiger partial charge >= 0.3 is 0 Å². The molecule has 7 heteroatoms. The first-order valence-electron chi connectivity index (χ1n) is 5.35. The van der Waals surface area contributed by atoms with Gasteiger partial charge in [-0.3, -0.25) is 4.21 Å². The molecular formula is C11H17NO4S2. The van der Waals surface area contributed by atoms with Crippen LogP contribution >= 0.6 is 0 Å². The lowest BCUT2D eigenvalue weighted by molar-refractivity contribution is 0.266. The fourth-order valence-corrected chi connectivity index (χ4v) is 3.50. The third-order valence-electron chi connectivity index (χ3n) is 2.31. The minimum absolute atomic E-state index is 0.0849. The van der Waals surface area contributed by atoms with Crippen LogP contribution in [0.3, 0.4) is 0 Å². The van der Waals surface area contributed by atoms with E-state index in [1.807, 2.05) is 6.92 Å². The van der Waals surface area contributed by atoms with Crippen molar-refractivity contribution < 1.29 is 17.7 Å². The normalized spacial score (nSPS) is 15.3. The van der Waals surface area contributed by atoms with Gasteiger partial charge in [-0.25, -0.2) is 13.1 Å². The Kier molecular flexibility index (Phi) is 5.46. The molecule has 1 rings (SSSR count). The molecule has 0 aliphatic carbocycles. The number of aryl methyl sites for hydroxylation is 1. The second kappa shape index (κ2) is 6.42. The minimum Gasteiger partial charge on any atom is -0.395 e. The first kappa shape index (κ1) is 15.3. The van der Waals surface area contributed by atoms with Crippen molar-refractivity contribution in [3.05, 3.63) is 29.8 Å².